The van der Waals surface area contributed by atoms with Gasteiger partial charge >= 0.3 is 0 Å². The van der Waals surface area contributed by atoms with Gasteiger partial charge in [-0.15, -0.1) is 0 Å². The molecule has 0 N–H and O–H groups in total. The number of allylic oxidation sites excluding steroid dienone is 2. The molecule has 0 spiro atoms. The van der Waals surface area contributed by atoms with Crippen molar-refractivity contribution in [2.24, 2.45) is 0 Å². The molecular weight excluding hydrogens is 224 g/mol. The summed E-state index contributed by atoms with van der Waals surface area (Å²) in [5.41, 5.74) is 4.69. The van der Waals surface area contributed by atoms with Gasteiger partial charge in [-0.1, -0.05) is 24.0 Å². The van der Waals surface area contributed by atoms with Gasteiger partial charge in [-0.05, 0) is 38.5 Å². The quantitative estimate of drug-likeness (QED) is 0.518. The van der Waals surface area contributed by atoms with Crippen molar-refractivity contribution < 1.29 is 0 Å². The van der Waals surface area contributed by atoms with Crippen molar-refractivity contribution in [2.75, 3.05) is 0 Å². The normalized spacial score (nSPS) is 30.9. The zero-order valence-electron chi connectivity index (χ0n) is 10.6. The van der Waals surface area contributed by atoms with Gasteiger partial charge in [0.1, 0.15) is 0 Å². The monoisotopic (exact) mass is 242 g/mol. The van der Waals surface area contributed by atoms with Gasteiger partial charge < -0.3 is 0 Å². The summed E-state index contributed by atoms with van der Waals surface area (Å²) in [6.45, 7) is 0. The molecule has 3 aliphatic rings. The Balaban J connectivity index is 1.93. The lowest BCUT2D eigenvalue weighted by molar-refractivity contribution is 0.453. The van der Waals surface area contributed by atoms with E-state index in [2.05, 4.69) is 0 Å². The van der Waals surface area contributed by atoms with Crippen LogP contribution in [-0.2, 0) is 0 Å². The van der Waals surface area contributed by atoms with Crippen LogP contribution < -0.4 is 10.9 Å². The molecule has 2 atom stereocenters. The summed E-state index contributed by atoms with van der Waals surface area (Å²) in [4.78, 5) is 23.8. The minimum absolute atomic E-state index is 0.154. The molecule has 18 heavy (non-hydrogen) atoms. The van der Waals surface area contributed by atoms with Crippen LogP contribution in [0, 0.1) is 0 Å². The second-order valence-electron chi connectivity index (χ2n) is 6.13. The van der Waals surface area contributed by atoms with E-state index in [1.807, 2.05) is 0 Å². The van der Waals surface area contributed by atoms with E-state index in [9.17, 15) is 9.59 Å². The average Bonchev–Trinajstić information content (AvgIpc) is 2.44. The topological polar surface area (TPSA) is 34.1 Å². The van der Waals surface area contributed by atoms with Crippen molar-refractivity contribution in [2.45, 2.75) is 63.2 Å². The summed E-state index contributed by atoms with van der Waals surface area (Å²) in [6, 6.07) is 0. The molecule has 3 aliphatic carbocycles. The van der Waals surface area contributed by atoms with E-state index in [4.69, 9.17) is 0 Å². The first-order valence-corrected chi connectivity index (χ1v) is 7.34. The van der Waals surface area contributed by atoms with Gasteiger partial charge in [-0.2, -0.15) is 0 Å². The lowest BCUT2D eigenvalue weighted by Crippen LogP contribution is -2.46. The maximum atomic E-state index is 11.9. The highest BCUT2D eigenvalue weighted by atomic mass is 16.2. The molecule has 2 heteroatoms. The smallest absolute Gasteiger partial charge is 0.230 e. The zero-order valence-corrected chi connectivity index (χ0v) is 10.6. The van der Waals surface area contributed by atoms with Gasteiger partial charge in [-0.25, -0.2) is 0 Å². The molecule has 2 unspecified atom stereocenters. The number of hydrogen-bond acceptors (Lipinski definition) is 2. The van der Waals surface area contributed by atoms with Crippen LogP contribution in [0.1, 0.15) is 74.3 Å². The van der Waals surface area contributed by atoms with E-state index in [0.29, 0.717) is 11.8 Å². The van der Waals surface area contributed by atoms with E-state index >= 15 is 0 Å². The molecule has 0 radical (unpaired) electrons. The SMILES string of the molecule is O=c1c2c(c1=O)C1CCCCC1=C1CCCCC12. The van der Waals surface area contributed by atoms with Crippen molar-refractivity contribution in [3.8, 4) is 0 Å². The minimum Gasteiger partial charge on any atom is -0.285 e. The van der Waals surface area contributed by atoms with Gasteiger partial charge in [-0.3, -0.25) is 9.59 Å². The molecule has 0 heterocycles. The summed E-state index contributed by atoms with van der Waals surface area (Å²) in [5.74, 6) is 0.673. The van der Waals surface area contributed by atoms with Crippen LogP contribution in [0.4, 0.5) is 0 Å². The summed E-state index contributed by atoms with van der Waals surface area (Å²) >= 11 is 0. The number of hydrogen-bond donors (Lipinski definition) is 0. The van der Waals surface area contributed by atoms with Crippen LogP contribution in [0.3, 0.4) is 0 Å². The molecule has 2 nitrogen and oxygen atoms in total. The lowest BCUT2D eigenvalue weighted by atomic mass is 9.62. The van der Waals surface area contributed by atoms with Crippen LogP contribution in [0.2, 0.25) is 0 Å². The molecule has 1 aromatic carbocycles. The zero-order chi connectivity index (χ0) is 12.3. The maximum absolute atomic E-state index is 11.9. The average molecular weight is 242 g/mol. The van der Waals surface area contributed by atoms with Crippen LogP contribution in [-0.4, -0.2) is 0 Å². The first kappa shape index (κ1) is 10.7. The van der Waals surface area contributed by atoms with Crippen LogP contribution in [0.5, 0.6) is 0 Å². The Morgan fingerprint density at radius 1 is 0.667 bits per heavy atom. The van der Waals surface area contributed by atoms with Crippen molar-refractivity contribution in [1.82, 2.24) is 0 Å². The van der Waals surface area contributed by atoms with Crippen LogP contribution in [0.25, 0.3) is 0 Å². The standard InChI is InChI=1S/C16H18O2/c17-15-13-11-7-3-1-5-9(11)10-6-2-4-8-12(10)14(13)16(15)18/h11-12H,1-8H2. The molecule has 2 fully saturated rings. The highest BCUT2D eigenvalue weighted by molar-refractivity contribution is 5.53. The van der Waals surface area contributed by atoms with E-state index in [1.54, 1.807) is 11.1 Å². The fraction of sp³-hybridized carbons (Fsp3) is 0.625. The van der Waals surface area contributed by atoms with E-state index in [0.717, 1.165) is 24.0 Å². The highest BCUT2D eigenvalue weighted by Crippen LogP contribution is 2.51. The van der Waals surface area contributed by atoms with E-state index in [-0.39, 0.29) is 10.9 Å². The molecule has 0 aromatic heterocycles. The minimum atomic E-state index is -0.154. The second kappa shape index (κ2) is 3.66. The highest BCUT2D eigenvalue weighted by Gasteiger charge is 2.42. The number of fused-ring (bicyclic) bond motifs is 5. The third kappa shape index (κ3) is 1.19. The molecule has 0 bridgehead atoms. The van der Waals surface area contributed by atoms with Crippen molar-refractivity contribution in [3.05, 3.63) is 42.7 Å². The van der Waals surface area contributed by atoms with E-state index in [1.165, 1.54) is 38.5 Å². The molecule has 0 amide bonds. The Kier molecular flexibility index (Phi) is 2.18. The fourth-order valence-electron chi connectivity index (χ4n) is 4.55. The Morgan fingerprint density at radius 2 is 1.11 bits per heavy atom. The molecule has 94 valence electrons. The van der Waals surface area contributed by atoms with Gasteiger partial charge in [0.05, 0.1) is 0 Å². The third-order valence-corrected chi connectivity index (χ3v) is 5.31. The molecule has 2 saturated carbocycles. The lowest BCUT2D eigenvalue weighted by Gasteiger charge is -2.41. The predicted molar refractivity (Wildman–Crippen MR) is 70.8 cm³/mol. The van der Waals surface area contributed by atoms with Crippen LogP contribution >= 0.6 is 0 Å². The largest absolute Gasteiger partial charge is 0.285 e. The van der Waals surface area contributed by atoms with Crippen molar-refractivity contribution in [3.63, 3.8) is 0 Å². The first-order chi connectivity index (χ1) is 8.79. The summed E-state index contributed by atoms with van der Waals surface area (Å²) in [7, 11) is 0. The molecule has 0 saturated heterocycles. The summed E-state index contributed by atoms with van der Waals surface area (Å²) in [5, 5.41) is 0. The Bertz CT molecular complexity index is 560. The molecule has 0 aliphatic heterocycles. The summed E-state index contributed by atoms with van der Waals surface area (Å²) in [6.07, 6.45) is 9.52. The van der Waals surface area contributed by atoms with Crippen LogP contribution in [0.15, 0.2) is 20.7 Å². The van der Waals surface area contributed by atoms with Crippen molar-refractivity contribution >= 4 is 0 Å². The number of rotatable bonds is 0. The fourth-order valence-corrected chi connectivity index (χ4v) is 4.55. The van der Waals surface area contributed by atoms with E-state index < -0.39 is 0 Å². The Labute approximate surface area is 106 Å². The molecule has 4 rings (SSSR count). The first-order valence-electron chi connectivity index (χ1n) is 7.34. The van der Waals surface area contributed by atoms with Gasteiger partial charge in [0.2, 0.25) is 10.9 Å². The van der Waals surface area contributed by atoms with Crippen molar-refractivity contribution in [1.29, 1.82) is 0 Å². The molecular formula is C16H18O2. The van der Waals surface area contributed by atoms with Gasteiger partial charge in [0.25, 0.3) is 0 Å². The van der Waals surface area contributed by atoms with Gasteiger partial charge in [0.15, 0.2) is 0 Å². The predicted octanol–water partition coefficient (Wildman–Crippen LogP) is 2.91. The summed E-state index contributed by atoms with van der Waals surface area (Å²) < 4.78 is 0. The molecule has 1 aromatic rings. The second-order valence-corrected chi connectivity index (χ2v) is 6.13. The Hall–Kier alpha value is -1.18. The third-order valence-electron chi connectivity index (χ3n) is 5.31. The maximum Gasteiger partial charge on any atom is 0.230 e. The Morgan fingerprint density at radius 3 is 1.56 bits per heavy atom. The van der Waals surface area contributed by atoms with Gasteiger partial charge in [0, 0.05) is 23.0 Å².